The van der Waals surface area contributed by atoms with Crippen LogP contribution in [0.4, 0.5) is 0 Å². The zero-order valence-corrected chi connectivity index (χ0v) is 12.9. The highest BCUT2D eigenvalue weighted by Crippen LogP contribution is 2.60. The molecule has 4 aliphatic carbocycles. The molecule has 0 amide bonds. The lowest BCUT2D eigenvalue weighted by molar-refractivity contribution is -0.141. The Balaban J connectivity index is 1.47. The number of imidazole rings is 1. The molecular weight excluding hydrogens is 268 g/mol. The quantitative estimate of drug-likeness (QED) is 0.798. The van der Waals surface area contributed by atoms with Crippen molar-refractivity contribution in [3.8, 4) is 0 Å². The first kappa shape index (κ1) is 12.9. The van der Waals surface area contributed by atoms with Crippen LogP contribution < -0.4 is 0 Å². The fraction of sp³-hybridized carbons (Fsp3) is 0.750. The first-order chi connectivity index (χ1) is 9.64. The fourth-order valence-corrected chi connectivity index (χ4v) is 6.19. The smallest absolute Gasteiger partial charge is 0.168 e. The maximum atomic E-state index is 12.8. The third-order valence-electron chi connectivity index (χ3n) is 5.74. The number of ketones is 1. The topological polar surface area (TPSA) is 34.9 Å². The van der Waals surface area contributed by atoms with Crippen LogP contribution in [0.2, 0.25) is 0 Å². The van der Waals surface area contributed by atoms with E-state index in [2.05, 4.69) is 4.98 Å². The van der Waals surface area contributed by atoms with Gasteiger partial charge in [0, 0.05) is 24.9 Å². The number of aromatic nitrogens is 2. The molecule has 5 rings (SSSR count). The van der Waals surface area contributed by atoms with E-state index in [-0.39, 0.29) is 5.41 Å². The van der Waals surface area contributed by atoms with Crippen LogP contribution in [0.25, 0.3) is 0 Å². The molecule has 108 valence electrons. The van der Waals surface area contributed by atoms with E-state index in [9.17, 15) is 4.79 Å². The van der Waals surface area contributed by atoms with Gasteiger partial charge in [-0.15, -0.1) is 0 Å². The summed E-state index contributed by atoms with van der Waals surface area (Å²) < 4.78 is 2.00. The molecule has 0 unspecified atom stereocenters. The van der Waals surface area contributed by atoms with Crippen LogP contribution in [0.3, 0.4) is 0 Å². The third-order valence-corrected chi connectivity index (χ3v) is 6.80. The van der Waals surface area contributed by atoms with E-state index in [0.717, 1.165) is 22.9 Å². The molecule has 4 saturated carbocycles. The first-order valence-corrected chi connectivity index (χ1v) is 8.77. The maximum absolute atomic E-state index is 12.8. The van der Waals surface area contributed by atoms with E-state index < -0.39 is 0 Å². The second-order valence-corrected chi connectivity index (χ2v) is 8.17. The zero-order chi connectivity index (χ0) is 13.7. The predicted octanol–water partition coefficient (Wildman–Crippen LogP) is 3.30. The van der Waals surface area contributed by atoms with Gasteiger partial charge in [-0.1, -0.05) is 11.8 Å². The number of carbonyl (C=O) groups excluding carboxylic acids is 1. The Morgan fingerprint density at radius 3 is 2.40 bits per heavy atom. The van der Waals surface area contributed by atoms with Crippen LogP contribution in [-0.2, 0) is 11.8 Å². The molecule has 0 atom stereocenters. The van der Waals surface area contributed by atoms with Crippen molar-refractivity contribution in [1.29, 1.82) is 0 Å². The highest BCUT2D eigenvalue weighted by Gasteiger charge is 2.54. The second-order valence-electron chi connectivity index (χ2n) is 7.23. The number of thioether (sulfide) groups is 1. The Bertz CT molecular complexity index is 501. The van der Waals surface area contributed by atoms with Crippen molar-refractivity contribution >= 4 is 17.5 Å². The number of nitrogens with zero attached hydrogens (tertiary/aromatic N) is 2. The van der Waals surface area contributed by atoms with Crippen molar-refractivity contribution in [3.05, 3.63) is 12.4 Å². The van der Waals surface area contributed by atoms with Gasteiger partial charge in [0.1, 0.15) is 5.78 Å². The van der Waals surface area contributed by atoms with Gasteiger partial charge in [-0.25, -0.2) is 4.98 Å². The van der Waals surface area contributed by atoms with Crippen molar-refractivity contribution in [1.82, 2.24) is 9.55 Å². The van der Waals surface area contributed by atoms with Gasteiger partial charge < -0.3 is 4.57 Å². The largest absolute Gasteiger partial charge is 0.329 e. The van der Waals surface area contributed by atoms with Gasteiger partial charge in [-0.3, -0.25) is 4.79 Å². The molecule has 1 aromatic rings. The molecule has 0 aromatic carbocycles. The molecule has 0 N–H and O–H groups in total. The molecule has 3 nitrogen and oxygen atoms in total. The number of hydrogen-bond donors (Lipinski definition) is 0. The summed E-state index contributed by atoms with van der Waals surface area (Å²) in [6.45, 7) is 0. The number of carbonyl (C=O) groups is 1. The van der Waals surface area contributed by atoms with Crippen molar-refractivity contribution in [2.45, 2.75) is 43.7 Å². The molecule has 20 heavy (non-hydrogen) atoms. The molecule has 4 aliphatic rings. The fourth-order valence-electron chi connectivity index (χ4n) is 5.23. The van der Waals surface area contributed by atoms with E-state index in [0.29, 0.717) is 11.5 Å². The average molecular weight is 290 g/mol. The molecule has 4 fully saturated rings. The highest BCUT2D eigenvalue weighted by atomic mass is 32.2. The molecule has 4 heteroatoms. The van der Waals surface area contributed by atoms with Crippen LogP contribution in [-0.4, -0.2) is 21.1 Å². The van der Waals surface area contributed by atoms with Gasteiger partial charge in [0.25, 0.3) is 0 Å². The van der Waals surface area contributed by atoms with Crippen molar-refractivity contribution in [2.24, 2.45) is 30.2 Å². The molecule has 1 aromatic heterocycles. The molecule has 0 radical (unpaired) electrons. The van der Waals surface area contributed by atoms with Crippen molar-refractivity contribution < 1.29 is 4.79 Å². The molecular formula is C16H22N2OS. The molecule has 0 spiro atoms. The summed E-state index contributed by atoms with van der Waals surface area (Å²) in [5, 5.41) is 0.961. The third kappa shape index (κ3) is 2.03. The van der Waals surface area contributed by atoms with E-state index in [1.807, 2.05) is 17.8 Å². The summed E-state index contributed by atoms with van der Waals surface area (Å²) >= 11 is 1.61. The van der Waals surface area contributed by atoms with Crippen molar-refractivity contribution in [2.75, 3.05) is 5.75 Å². The van der Waals surface area contributed by atoms with Gasteiger partial charge in [-0.05, 0) is 56.3 Å². The minimum absolute atomic E-state index is 0.0485. The van der Waals surface area contributed by atoms with Crippen LogP contribution >= 0.6 is 11.8 Å². The Labute approximate surface area is 124 Å². The Morgan fingerprint density at radius 2 is 1.90 bits per heavy atom. The lowest BCUT2D eigenvalue weighted by Gasteiger charge is -2.56. The SMILES string of the molecule is Cn1ccnc1SCC(=O)C12CC3CC(CC(C3)C1)C2. The number of hydrogen-bond acceptors (Lipinski definition) is 3. The van der Waals surface area contributed by atoms with Crippen LogP contribution in [0, 0.1) is 23.2 Å². The van der Waals surface area contributed by atoms with Crippen LogP contribution in [0.1, 0.15) is 38.5 Å². The number of rotatable bonds is 4. The van der Waals surface area contributed by atoms with Crippen LogP contribution in [0.5, 0.6) is 0 Å². The Morgan fingerprint density at radius 1 is 1.30 bits per heavy atom. The average Bonchev–Trinajstić information content (AvgIpc) is 2.80. The lowest BCUT2D eigenvalue weighted by atomic mass is 9.48. The minimum atomic E-state index is 0.0485. The normalized spacial score (nSPS) is 38.4. The summed E-state index contributed by atoms with van der Waals surface area (Å²) in [5.74, 6) is 3.66. The van der Waals surface area contributed by atoms with E-state index >= 15 is 0 Å². The van der Waals surface area contributed by atoms with Gasteiger partial charge in [0.2, 0.25) is 0 Å². The Hall–Kier alpha value is -0.770. The summed E-state index contributed by atoms with van der Waals surface area (Å²) in [6.07, 6.45) is 11.5. The number of Topliss-reactive ketones (excluding diaryl/α,β-unsaturated/α-hetero) is 1. The standard InChI is InChI=1S/C16H22N2OS/c1-18-3-2-17-15(18)20-10-14(19)16-7-11-4-12(8-16)6-13(5-11)9-16/h2-3,11-13H,4-10H2,1H3. The maximum Gasteiger partial charge on any atom is 0.168 e. The van der Waals surface area contributed by atoms with Gasteiger partial charge in [0.15, 0.2) is 5.16 Å². The first-order valence-electron chi connectivity index (χ1n) is 7.78. The van der Waals surface area contributed by atoms with E-state index in [1.165, 1.54) is 38.5 Å². The van der Waals surface area contributed by atoms with Gasteiger partial charge in [0.05, 0.1) is 5.75 Å². The monoisotopic (exact) mass is 290 g/mol. The van der Waals surface area contributed by atoms with E-state index in [1.54, 1.807) is 18.0 Å². The summed E-state index contributed by atoms with van der Waals surface area (Å²) in [4.78, 5) is 17.2. The minimum Gasteiger partial charge on any atom is -0.329 e. The van der Waals surface area contributed by atoms with E-state index in [4.69, 9.17) is 0 Å². The van der Waals surface area contributed by atoms with Crippen LogP contribution in [0.15, 0.2) is 17.6 Å². The van der Waals surface area contributed by atoms with Gasteiger partial charge >= 0.3 is 0 Å². The highest BCUT2D eigenvalue weighted by molar-refractivity contribution is 7.99. The van der Waals surface area contributed by atoms with Gasteiger partial charge in [-0.2, -0.15) is 0 Å². The zero-order valence-electron chi connectivity index (χ0n) is 12.0. The summed E-state index contributed by atoms with van der Waals surface area (Å²) in [6, 6.07) is 0. The lowest BCUT2D eigenvalue weighted by Crippen LogP contribution is -2.50. The molecule has 0 aliphatic heterocycles. The molecule has 4 bridgehead atoms. The Kier molecular flexibility index (Phi) is 2.99. The molecule has 1 heterocycles. The van der Waals surface area contributed by atoms with Crippen molar-refractivity contribution in [3.63, 3.8) is 0 Å². The molecule has 0 saturated heterocycles. The second kappa shape index (κ2) is 4.62. The predicted molar refractivity (Wildman–Crippen MR) is 79.5 cm³/mol. The number of aryl methyl sites for hydroxylation is 1. The summed E-state index contributed by atoms with van der Waals surface area (Å²) in [7, 11) is 1.99. The summed E-state index contributed by atoms with van der Waals surface area (Å²) in [5.41, 5.74) is 0.0485.